The molecule has 15 heteroatoms. The van der Waals surface area contributed by atoms with Crippen LogP contribution in [0.5, 0.6) is 0 Å². The molecule has 1 aliphatic rings. The van der Waals surface area contributed by atoms with Crippen LogP contribution in [0.4, 0.5) is 22.9 Å². The van der Waals surface area contributed by atoms with Gasteiger partial charge in [0.15, 0.2) is 5.82 Å². The number of halogens is 1. The maximum atomic E-state index is 13.7. The summed E-state index contributed by atoms with van der Waals surface area (Å²) in [6.45, 7) is 4.92. The SMILES string of the molecule is CN(C)CC[C@H](CSc1ccccc1)Nc1ccc(S(=O)(=O)Nc2ncnc3cc(N4CCN(Cc5ccccc5-c5cccc(Cl)c5)CC4)ccc23)cc1[N+](=O)[O-]. The summed E-state index contributed by atoms with van der Waals surface area (Å²) in [7, 11) is -0.312. The summed E-state index contributed by atoms with van der Waals surface area (Å²) in [4.78, 5) is 28.1. The van der Waals surface area contributed by atoms with Gasteiger partial charge in [-0.05, 0) is 98.3 Å². The van der Waals surface area contributed by atoms with Crippen LogP contribution in [0.1, 0.15) is 12.0 Å². The van der Waals surface area contributed by atoms with E-state index in [4.69, 9.17) is 11.6 Å². The van der Waals surface area contributed by atoms with Gasteiger partial charge in [0.25, 0.3) is 15.7 Å². The van der Waals surface area contributed by atoms with Gasteiger partial charge in [-0.2, -0.15) is 0 Å². The smallest absolute Gasteiger partial charge is 0.293 e. The number of thioether (sulfide) groups is 1. The lowest BCUT2D eigenvalue weighted by Crippen LogP contribution is -2.46. The fourth-order valence-electron chi connectivity index (χ4n) is 7.01. The molecule has 0 bridgehead atoms. The minimum Gasteiger partial charge on any atom is -0.376 e. The second-order valence-corrected chi connectivity index (χ2v) is 17.7. The summed E-state index contributed by atoms with van der Waals surface area (Å²) in [6, 6.07) is 35.8. The maximum absolute atomic E-state index is 13.7. The molecule has 2 heterocycles. The molecule has 0 unspecified atom stereocenters. The average Bonchev–Trinajstić information content (AvgIpc) is 3.22. The van der Waals surface area contributed by atoms with E-state index < -0.39 is 14.9 Å². The molecule has 300 valence electrons. The predicted octanol–water partition coefficient (Wildman–Crippen LogP) is 8.51. The Morgan fingerprint density at radius 1 is 0.897 bits per heavy atom. The van der Waals surface area contributed by atoms with Crippen LogP contribution >= 0.6 is 23.4 Å². The van der Waals surface area contributed by atoms with Crippen molar-refractivity contribution in [2.24, 2.45) is 0 Å². The minimum atomic E-state index is -4.27. The highest BCUT2D eigenvalue weighted by Crippen LogP contribution is 2.33. The Morgan fingerprint density at radius 2 is 1.67 bits per heavy atom. The number of hydrogen-bond donors (Lipinski definition) is 2. The van der Waals surface area contributed by atoms with E-state index in [2.05, 4.69) is 65.0 Å². The van der Waals surface area contributed by atoms with E-state index in [1.54, 1.807) is 11.8 Å². The van der Waals surface area contributed by atoms with Crippen molar-refractivity contribution in [3.05, 3.63) is 142 Å². The first kappa shape index (κ1) is 40.9. The lowest BCUT2D eigenvalue weighted by atomic mass is 9.99. The van der Waals surface area contributed by atoms with Crippen molar-refractivity contribution in [3.63, 3.8) is 0 Å². The zero-order chi connectivity index (χ0) is 40.6. The Hall–Kier alpha value is -5.25. The molecule has 0 radical (unpaired) electrons. The second kappa shape index (κ2) is 18.6. The standard InChI is InChI=1S/C43H45ClN8O4S2/c1-49(2)20-19-34(29-57-36-12-4-3-5-13-36)47-40-18-16-37(27-42(40)52(53)54)58(55,56)48-43-39-17-15-35(26-41(39)45-30-46-43)51-23-21-50(22-24-51)28-32-9-6-7-14-38(32)31-10-8-11-33(44)25-31/h3-18,25-27,30,34,47H,19-24,28-29H2,1-2H3,(H,45,46,48)/t34-/m1/s1. The molecule has 6 aromatic rings. The Morgan fingerprint density at radius 3 is 2.43 bits per heavy atom. The van der Waals surface area contributed by atoms with Crippen molar-refractivity contribution in [1.29, 1.82) is 0 Å². The number of benzene rings is 5. The zero-order valence-electron chi connectivity index (χ0n) is 32.3. The van der Waals surface area contributed by atoms with Crippen molar-refractivity contribution in [2.45, 2.75) is 28.8 Å². The maximum Gasteiger partial charge on any atom is 0.293 e. The van der Waals surface area contributed by atoms with Crippen LogP contribution in [0.2, 0.25) is 5.02 Å². The molecular formula is C43H45ClN8O4S2. The lowest BCUT2D eigenvalue weighted by molar-refractivity contribution is -0.384. The first-order valence-corrected chi connectivity index (χ1v) is 21.8. The number of piperazine rings is 1. The van der Waals surface area contributed by atoms with Crippen LogP contribution in [0, 0.1) is 10.1 Å². The summed E-state index contributed by atoms with van der Waals surface area (Å²) in [6.07, 6.45) is 2.04. The first-order chi connectivity index (χ1) is 28.0. The Kier molecular flexibility index (Phi) is 13.1. The van der Waals surface area contributed by atoms with E-state index in [0.717, 1.165) is 67.9 Å². The van der Waals surface area contributed by atoms with Gasteiger partial charge < -0.3 is 15.1 Å². The monoisotopic (exact) mass is 836 g/mol. The van der Waals surface area contributed by atoms with Crippen molar-refractivity contribution < 1.29 is 13.3 Å². The summed E-state index contributed by atoms with van der Waals surface area (Å²) >= 11 is 7.96. The van der Waals surface area contributed by atoms with E-state index >= 15 is 0 Å². The summed E-state index contributed by atoms with van der Waals surface area (Å²) in [5.41, 5.74) is 5.00. The van der Waals surface area contributed by atoms with Crippen LogP contribution in [0.25, 0.3) is 22.0 Å². The van der Waals surface area contributed by atoms with E-state index in [9.17, 15) is 18.5 Å². The molecule has 0 saturated carbocycles. The first-order valence-electron chi connectivity index (χ1n) is 19.0. The van der Waals surface area contributed by atoms with Crippen molar-refractivity contribution in [1.82, 2.24) is 19.8 Å². The average molecular weight is 837 g/mol. The Bertz CT molecular complexity index is 2480. The Balaban J connectivity index is 1.02. The molecule has 0 amide bonds. The second-order valence-electron chi connectivity index (χ2n) is 14.5. The molecule has 5 aromatic carbocycles. The van der Waals surface area contributed by atoms with Gasteiger partial charge in [0, 0.05) is 71.6 Å². The van der Waals surface area contributed by atoms with Gasteiger partial charge >= 0.3 is 0 Å². The van der Waals surface area contributed by atoms with E-state index in [1.165, 1.54) is 29.6 Å². The molecule has 1 saturated heterocycles. The highest BCUT2D eigenvalue weighted by molar-refractivity contribution is 7.99. The van der Waals surface area contributed by atoms with E-state index in [0.29, 0.717) is 21.7 Å². The largest absolute Gasteiger partial charge is 0.376 e. The van der Waals surface area contributed by atoms with Crippen molar-refractivity contribution in [2.75, 3.05) is 67.5 Å². The molecule has 1 atom stereocenters. The summed E-state index contributed by atoms with van der Waals surface area (Å²) in [5.74, 6) is 0.752. The topological polar surface area (TPSA) is 137 Å². The van der Waals surface area contributed by atoms with Gasteiger partial charge in [0.1, 0.15) is 12.0 Å². The molecule has 0 aliphatic carbocycles. The fourth-order valence-corrected chi connectivity index (χ4v) is 9.24. The molecule has 2 N–H and O–H groups in total. The number of sulfonamides is 1. The van der Waals surface area contributed by atoms with Crippen LogP contribution in [0.3, 0.4) is 0 Å². The molecule has 12 nitrogen and oxygen atoms in total. The molecular weight excluding hydrogens is 792 g/mol. The van der Waals surface area contributed by atoms with Crippen molar-refractivity contribution >= 4 is 67.2 Å². The van der Waals surface area contributed by atoms with Crippen molar-refractivity contribution in [3.8, 4) is 11.1 Å². The third-order valence-corrected chi connectivity index (χ3v) is 12.8. The minimum absolute atomic E-state index is 0.0891. The van der Waals surface area contributed by atoms with Gasteiger partial charge in [-0.3, -0.25) is 19.7 Å². The lowest BCUT2D eigenvalue weighted by Gasteiger charge is -2.36. The predicted molar refractivity (Wildman–Crippen MR) is 236 cm³/mol. The highest BCUT2D eigenvalue weighted by Gasteiger charge is 2.25. The van der Waals surface area contributed by atoms with Crippen LogP contribution in [-0.4, -0.2) is 91.7 Å². The van der Waals surface area contributed by atoms with E-state index in [1.807, 2.05) is 80.8 Å². The quantitative estimate of drug-likeness (QED) is 0.0552. The molecule has 1 aromatic heterocycles. The number of rotatable bonds is 16. The number of anilines is 3. The molecule has 1 fully saturated rings. The molecule has 1 aliphatic heterocycles. The van der Waals surface area contributed by atoms with Gasteiger partial charge in [-0.15, -0.1) is 11.8 Å². The molecule has 7 rings (SSSR count). The number of nitrogens with one attached hydrogen (secondary N) is 2. The number of hydrogen-bond acceptors (Lipinski definition) is 11. The van der Waals surface area contributed by atoms with E-state index in [-0.39, 0.29) is 28.1 Å². The number of nitrogens with zero attached hydrogens (tertiary/aromatic N) is 6. The fraction of sp³-hybridized carbons (Fsp3) is 0.256. The van der Waals surface area contributed by atoms with Crippen LogP contribution < -0.4 is 14.9 Å². The zero-order valence-corrected chi connectivity index (χ0v) is 34.7. The van der Waals surface area contributed by atoms with Crippen LogP contribution in [0.15, 0.2) is 131 Å². The van der Waals surface area contributed by atoms with Gasteiger partial charge in [0.05, 0.1) is 15.3 Å². The normalized spacial score (nSPS) is 14.1. The molecule has 58 heavy (non-hydrogen) atoms. The van der Waals surface area contributed by atoms with Crippen LogP contribution in [-0.2, 0) is 16.6 Å². The van der Waals surface area contributed by atoms with Gasteiger partial charge in [0.2, 0.25) is 0 Å². The third-order valence-electron chi connectivity index (χ3n) is 10.1. The number of nitro groups is 1. The number of aromatic nitrogens is 2. The Labute approximate surface area is 348 Å². The third kappa shape index (κ3) is 10.2. The number of fused-ring (bicyclic) bond motifs is 1. The summed E-state index contributed by atoms with van der Waals surface area (Å²) in [5, 5.41) is 16.9. The highest BCUT2D eigenvalue weighted by atomic mass is 35.5. The number of nitro benzene ring substituents is 1. The summed E-state index contributed by atoms with van der Waals surface area (Å²) < 4.78 is 30.0. The van der Waals surface area contributed by atoms with Gasteiger partial charge in [-0.25, -0.2) is 18.4 Å². The van der Waals surface area contributed by atoms with Gasteiger partial charge in [-0.1, -0.05) is 66.2 Å². The molecule has 0 spiro atoms.